The van der Waals surface area contributed by atoms with Crippen LogP contribution >= 0.6 is 0 Å². The molecular formula is C28H28N4O4. The fourth-order valence-corrected chi connectivity index (χ4v) is 3.87. The largest absolute Gasteiger partial charge is 0.497 e. The van der Waals surface area contributed by atoms with E-state index < -0.39 is 17.2 Å². The number of hydrogen-bond acceptors (Lipinski definition) is 5. The van der Waals surface area contributed by atoms with Gasteiger partial charge in [0.25, 0.3) is 11.5 Å². The van der Waals surface area contributed by atoms with E-state index in [1.165, 1.54) is 0 Å². The predicted octanol–water partition coefficient (Wildman–Crippen LogP) is 3.56. The van der Waals surface area contributed by atoms with Gasteiger partial charge in [-0.25, -0.2) is 4.79 Å². The summed E-state index contributed by atoms with van der Waals surface area (Å²) >= 11 is 0. The lowest BCUT2D eigenvalue weighted by molar-refractivity contribution is 0.0930. The van der Waals surface area contributed by atoms with Crippen molar-refractivity contribution in [2.24, 2.45) is 0 Å². The molecule has 36 heavy (non-hydrogen) atoms. The van der Waals surface area contributed by atoms with Gasteiger partial charge >= 0.3 is 5.69 Å². The second kappa shape index (κ2) is 10.4. The average molecular weight is 485 g/mol. The van der Waals surface area contributed by atoms with E-state index in [9.17, 15) is 14.4 Å². The van der Waals surface area contributed by atoms with Crippen LogP contribution in [-0.2, 0) is 6.54 Å². The van der Waals surface area contributed by atoms with E-state index in [0.29, 0.717) is 17.0 Å². The average Bonchev–Trinajstić information content (AvgIpc) is 2.89. The number of amides is 1. The highest BCUT2D eigenvalue weighted by molar-refractivity contribution is 5.92. The molecule has 8 heteroatoms. The first-order valence-electron chi connectivity index (χ1n) is 11.6. The zero-order valence-electron chi connectivity index (χ0n) is 20.7. The van der Waals surface area contributed by atoms with Crippen molar-refractivity contribution < 1.29 is 9.53 Å². The number of carbonyl (C=O) groups is 1. The first-order chi connectivity index (χ1) is 17.3. The number of nitrogens with one attached hydrogen (secondary N) is 1. The van der Waals surface area contributed by atoms with Crippen molar-refractivity contribution in [3.63, 3.8) is 0 Å². The molecule has 0 bridgehead atoms. The molecule has 4 rings (SSSR count). The van der Waals surface area contributed by atoms with E-state index >= 15 is 0 Å². The zero-order chi connectivity index (χ0) is 25.8. The predicted molar refractivity (Wildman–Crippen MR) is 138 cm³/mol. The summed E-state index contributed by atoms with van der Waals surface area (Å²) in [5.41, 5.74) is 2.26. The maximum absolute atomic E-state index is 13.5. The smallest absolute Gasteiger partial charge is 0.352 e. The maximum atomic E-state index is 13.5. The molecule has 1 heterocycles. The number of aryl methyl sites for hydroxylation is 2. The van der Waals surface area contributed by atoms with Crippen molar-refractivity contribution in [1.29, 1.82) is 0 Å². The van der Waals surface area contributed by atoms with Gasteiger partial charge in [0.15, 0.2) is 0 Å². The third-order valence-electron chi connectivity index (χ3n) is 6.13. The van der Waals surface area contributed by atoms with E-state index in [0.717, 1.165) is 25.9 Å². The third kappa shape index (κ3) is 5.12. The van der Waals surface area contributed by atoms with Gasteiger partial charge in [-0.15, -0.1) is 0 Å². The molecule has 0 aliphatic rings. The number of carbonyl (C=O) groups excluding carboxylic acids is 1. The molecule has 0 unspecified atom stereocenters. The summed E-state index contributed by atoms with van der Waals surface area (Å²) in [6, 6.07) is 21.5. The summed E-state index contributed by atoms with van der Waals surface area (Å²) in [4.78, 5) is 40.1. The van der Waals surface area contributed by atoms with Crippen LogP contribution in [0.4, 0.5) is 0 Å². The Bertz CT molecular complexity index is 1520. The second-order valence-electron chi connectivity index (χ2n) is 8.66. The Morgan fingerprint density at radius 2 is 1.72 bits per heavy atom. The van der Waals surface area contributed by atoms with Gasteiger partial charge in [0, 0.05) is 0 Å². The minimum atomic E-state index is -0.763. The molecule has 0 saturated heterocycles. The summed E-state index contributed by atoms with van der Waals surface area (Å²) in [6.07, 6.45) is 0. The van der Waals surface area contributed by atoms with Crippen LogP contribution in [-0.4, -0.2) is 27.4 Å². The number of nitrogens with zero attached hydrogens (tertiary/aromatic N) is 3. The number of aromatic nitrogens is 3. The quantitative estimate of drug-likeness (QED) is 0.433. The Labute approximate surface area is 208 Å². The number of benzene rings is 3. The van der Waals surface area contributed by atoms with Gasteiger partial charge in [0.2, 0.25) is 5.69 Å². The Morgan fingerprint density at radius 1 is 0.972 bits per heavy atom. The zero-order valence-corrected chi connectivity index (χ0v) is 20.7. The van der Waals surface area contributed by atoms with Crippen LogP contribution in [0, 0.1) is 13.8 Å². The summed E-state index contributed by atoms with van der Waals surface area (Å²) < 4.78 is 7.41. The number of methoxy groups -OCH3 is 1. The lowest BCUT2D eigenvalue weighted by atomic mass is 10.1. The van der Waals surface area contributed by atoms with Crippen molar-refractivity contribution in [3.8, 4) is 11.4 Å². The highest BCUT2D eigenvalue weighted by Gasteiger charge is 2.22. The molecule has 1 N–H and O–H groups in total. The van der Waals surface area contributed by atoms with Gasteiger partial charge in [-0.3, -0.25) is 14.2 Å². The molecule has 1 amide bonds. The minimum Gasteiger partial charge on any atom is -0.497 e. The standard InChI is InChI=1S/C28H28N4O4/c1-18-13-14-23(15-19(18)2)32-28(35)31(17-21-9-8-12-24(16-21)36-4)27(34)25(30-32)26(33)29-20(3)22-10-6-5-7-11-22/h5-16,20H,17H2,1-4H3,(H,29,33)/t20-/m0/s1. The van der Waals surface area contributed by atoms with E-state index in [4.69, 9.17) is 4.74 Å². The Balaban J connectivity index is 1.83. The van der Waals surface area contributed by atoms with Crippen LogP contribution in [0.25, 0.3) is 5.69 Å². The van der Waals surface area contributed by atoms with Gasteiger partial charge in [-0.2, -0.15) is 9.78 Å². The van der Waals surface area contributed by atoms with Crippen molar-refractivity contribution in [2.75, 3.05) is 7.11 Å². The lowest BCUT2D eigenvalue weighted by Crippen LogP contribution is -2.46. The fraction of sp³-hybridized carbons (Fsp3) is 0.214. The first kappa shape index (κ1) is 24.7. The second-order valence-corrected chi connectivity index (χ2v) is 8.66. The SMILES string of the molecule is COc1cccc(Cn2c(=O)c(C(=O)N[C@@H](C)c3ccccc3)nn(-c3ccc(C)c(C)c3)c2=O)c1. The summed E-state index contributed by atoms with van der Waals surface area (Å²) in [7, 11) is 1.54. The van der Waals surface area contributed by atoms with Crippen LogP contribution < -0.4 is 21.3 Å². The summed E-state index contributed by atoms with van der Waals surface area (Å²) in [6.45, 7) is 5.66. The molecule has 0 aliphatic carbocycles. The Morgan fingerprint density at radius 3 is 2.42 bits per heavy atom. The number of ether oxygens (including phenoxy) is 1. The van der Waals surface area contributed by atoms with Crippen LogP contribution in [0.2, 0.25) is 0 Å². The van der Waals surface area contributed by atoms with Crippen molar-refractivity contribution in [3.05, 3.63) is 122 Å². The van der Waals surface area contributed by atoms with Gasteiger partial charge in [0.05, 0.1) is 25.4 Å². The Hall–Kier alpha value is -4.46. The van der Waals surface area contributed by atoms with Crippen LogP contribution in [0.5, 0.6) is 5.75 Å². The van der Waals surface area contributed by atoms with E-state index in [1.54, 1.807) is 43.5 Å². The van der Waals surface area contributed by atoms with Crippen molar-refractivity contribution in [2.45, 2.75) is 33.4 Å². The molecule has 1 aromatic heterocycles. The van der Waals surface area contributed by atoms with Crippen LogP contribution in [0.15, 0.2) is 82.4 Å². The molecule has 8 nitrogen and oxygen atoms in total. The van der Waals surface area contributed by atoms with E-state index in [1.807, 2.05) is 57.2 Å². The molecule has 0 spiro atoms. The molecule has 4 aromatic rings. The molecule has 184 valence electrons. The van der Waals surface area contributed by atoms with E-state index in [2.05, 4.69) is 10.4 Å². The molecule has 1 atom stereocenters. The first-order valence-corrected chi connectivity index (χ1v) is 11.6. The van der Waals surface area contributed by atoms with Gasteiger partial charge in [-0.05, 0) is 67.3 Å². The molecule has 0 aliphatic heterocycles. The maximum Gasteiger partial charge on any atom is 0.352 e. The molecule has 0 fully saturated rings. The van der Waals surface area contributed by atoms with Crippen molar-refractivity contribution in [1.82, 2.24) is 19.7 Å². The van der Waals surface area contributed by atoms with Crippen molar-refractivity contribution >= 4 is 5.91 Å². The minimum absolute atomic E-state index is 0.0449. The number of hydrogen-bond donors (Lipinski definition) is 1. The summed E-state index contributed by atoms with van der Waals surface area (Å²) in [5.74, 6) is -0.0629. The molecule has 3 aromatic carbocycles. The number of rotatable bonds is 7. The third-order valence-corrected chi connectivity index (χ3v) is 6.13. The van der Waals surface area contributed by atoms with Crippen LogP contribution in [0.3, 0.4) is 0 Å². The van der Waals surface area contributed by atoms with Gasteiger partial charge in [0.1, 0.15) is 5.75 Å². The fourth-order valence-electron chi connectivity index (χ4n) is 3.87. The monoisotopic (exact) mass is 484 g/mol. The topological polar surface area (TPSA) is 95.2 Å². The summed E-state index contributed by atoms with van der Waals surface area (Å²) in [5, 5.41) is 7.06. The van der Waals surface area contributed by atoms with E-state index in [-0.39, 0.29) is 18.3 Å². The highest BCUT2D eigenvalue weighted by Crippen LogP contribution is 2.15. The van der Waals surface area contributed by atoms with Crippen LogP contribution in [0.1, 0.15) is 45.7 Å². The molecule has 0 radical (unpaired) electrons. The normalized spacial score (nSPS) is 11.7. The van der Waals surface area contributed by atoms with Gasteiger partial charge in [-0.1, -0.05) is 48.5 Å². The lowest BCUT2D eigenvalue weighted by Gasteiger charge is -2.16. The molecular weight excluding hydrogens is 456 g/mol. The Kier molecular flexibility index (Phi) is 7.15. The molecule has 0 saturated carbocycles. The highest BCUT2D eigenvalue weighted by atomic mass is 16.5. The van der Waals surface area contributed by atoms with Gasteiger partial charge < -0.3 is 10.1 Å².